The van der Waals surface area contributed by atoms with Crippen LogP contribution in [0.3, 0.4) is 0 Å². The molecule has 5 heteroatoms. The molecule has 27 heavy (non-hydrogen) atoms. The SMILES string of the molecule is COc1ccc(CN2CCN(Cc3c[nH]c4ccccc34)CC2)cc1OC. The van der Waals surface area contributed by atoms with Gasteiger partial charge in [-0.05, 0) is 29.3 Å². The van der Waals surface area contributed by atoms with Crippen LogP contribution in [0.15, 0.2) is 48.7 Å². The maximum atomic E-state index is 5.42. The third kappa shape index (κ3) is 3.94. The van der Waals surface area contributed by atoms with Gasteiger partial charge in [0.2, 0.25) is 0 Å². The Kier molecular flexibility index (Phi) is 5.32. The summed E-state index contributed by atoms with van der Waals surface area (Å²) in [7, 11) is 3.36. The highest BCUT2D eigenvalue weighted by Gasteiger charge is 2.18. The van der Waals surface area contributed by atoms with E-state index in [2.05, 4.69) is 57.4 Å². The number of hydrogen-bond donors (Lipinski definition) is 1. The molecule has 0 radical (unpaired) electrons. The van der Waals surface area contributed by atoms with Crippen molar-refractivity contribution in [1.82, 2.24) is 14.8 Å². The lowest BCUT2D eigenvalue weighted by molar-refractivity contribution is 0.122. The summed E-state index contributed by atoms with van der Waals surface area (Å²) in [5.74, 6) is 1.58. The first-order chi connectivity index (χ1) is 13.3. The average Bonchev–Trinajstić information content (AvgIpc) is 3.12. The normalized spacial score (nSPS) is 15.9. The molecule has 5 nitrogen and oxygen atoms in total. The van der Waals surface area contributed by atoms with Crippen LogP contribution in [0.2, 0.25) is 0 Å². The number of ether oxygens (including phenoxy) is 2. The molecular weight excluding hydrogens is 338 g/mol. The van der Waals surface area contributed by atoms with Crippen molar-refractivity contribution < 1.29 is 9.47 Å². The predicted molar refractivity (Wildman–Crippen MR) is 108 cm³/mol. The number of nitrogens with zero attached hydrogens (tertiary/aromatic N) is 2. The van der Waals surface area contributed by atoms with Crippen LogP contribution in [0.25, 0.3) is 10.9 Å². The maximum Gasteiger partial charge on any atom is 0.161 e. The zero-order valence-corrected chi connectivity index (χ0v) is 16.1. The number of piperazine rings is 1. The molecule has 142 valence electrons. The van der Waals surface area contributed by atoms with Crippen LogP contribution in [0.4, 0.5) is 0 Å². The Balaban J connectivity index is 1.34. The fourth-order valence-corrected chi connectivity index (χ4v) is 3.85. The molecule has 0 aliphatic carbocycles. The van der Waals surface area contributed by atoms with Gasteiger partial charge in [-0.15, -0.1) is 0 Å². The summed E-state index contributed by atoms with van der Waals surface area (Å²) in [6.07, 6.45) is 2.15. The van der Waals surface area contributed by atoms with Crippen molar-refractivity contribution in [1.29, 1.82) is 0 Å². The second-order valence-corrected chi connectivity index (χ2v) is 7.10. The fourth-order valence-electron chi connectivity index (χ4n) is 3.85. The molecule has 1 N–H and O–H groups in total. The lowest BCUT2D eigenvalue weighted by atomic mass is 10.1. The number of hydrogen-bond acceptors (Lipinski definition) is 4. The van der Waals surface area contributed by atoms with Gasteiger partial charge in [0, 0.05) is 56.4 Å². The molecule has 0 unspecified atom stereocenters. The van der Waals surface area contributed by atoms with Gasteiger partial charge in [-0.1, -0.05) is 24.3 Å². The van der Waals surface area contributed by atoms with Gasteiger partial charge in [0.25, 0.3) is 0 Å². The monoisotopic (exact) mass is 365 g/mol. The first-order valence-corrected chi connectivity index (χ1v) is 9.47. The lowest BCUT2D eigenvalue weighted by Crippen LogP contribution is -2.45. The van der Waals surface area contributed by atoms with E-state index in [4.69, 9.17) is 9.47 Å². The standard InChI is InChI=1S/C22H27N3O2/c1-26-21-8-7-17(13-22(21)27-2)15-24-9-11-25(12-10-24)16-18-14-23-20-6-4-3-5-19(18)20/h3-8,13-14,23H,9-12,15-16H2,1-2H3. The van der Waals surface area contributed by atoms with Gasteiger partial charge in [-0.3, -0.25) is 9.80 Å². The molecule has 0 saturated carbocycles. The van der Waals surface area contributed by atoms with Gasteiger partial charge in [-0.25, -0.2) is 0 Å². The lowest BCUT2D eigenvalue weighted by Gasteiger charge is -2.34. The van der Waals surface area contributed by atoms with Crippen LogP contribution in [0, 0.1) is 0 Å². The summed E-state index contributed by atoms with van der Waals surface area (Å²) in [6.45, 7) is 6.29. The highest BCUT2D eigenvalue weighted by atomic mass is 16.5. The van der Waals surface area contributed by atoms with Gasteiger partial charge in [0.1, 0.15) is 0 Å². The first-order valence-electron chi connectivity index (χ1n) is 9.47. The number of para-hydroxylation sites is 1. The van der Waals surface area contributed by atoms with Crippen molar-refractivity contribution in [3.63, 3.8) is 0 Å². The molecule has 3 aromatic rings. The van der Waals surface area contributed by atoms with Gasteiger partial charge in [-0.2, -0.15) is 0 Å². The molecule has 1 aromatic heterocycles. The van der Waals surface area contributed by atoms with Gasteiger partial charge in [0.15, 0.2) is 11.5 Å². The van der Waals surface area contributed by atoms with Crippen LogP contribution in [-0.4, -0.2) is 55.2 Å². The minimum absolute atomic E-state index is 0.782. The van der Waals surface area contributed by atoms with Crippen molar-refractivity contribution in [3.8, 4) is 11.5 Å². The first kappa shape index (κ1) is 17.9. The number of aromatic nitrogens is 1. The van der Waals surface area contributed by atoms with E-state index >= 15 is 0 Å². The molecule has 0 atom stereocenters. The maximum absolute atomic E-state index is 5.42. The topological polar surface area (TPSA) is 40.7 Å². The second-order valence-electron chi connectivity index (χ2n) is 7.10. The fraction of sp³-hybridized carbons (Fsp3) is 0.364. The Morgan fingerprint density at radius 1 is 0.852 bits per heavy atom. The molecule has 1 saturated heterocycles. The molecule has 0 bridgehead atoms. The molecule has 2 heterocycles. The number of benzene rings is 2. The van der Waals surface area contributed by atoms with Gasteiger partial charge in [0.05, 0.1) is 14.2 Å². The molecule has 2 aromatic carbocycles. The van der Waals surface area contributed by atoms with Gasteiger partial charge >= 0.3 is 0 Å². The van der Waals surface area contributed by atoms with Crippen LogP contribution in [-0.2, 0) is 13.1 Å². The predicted octanol–water partition coefficient (Wildman–Crippen LogP) is 3.50. The average molecular weight is 365 g/mol. The molecule has 0 spiro atoms. The third-order valence-electron chi connectivity index (χ3n) is 5.39. The number of fused-ring (bicyclic) bond motifs is 1. The number of rotatable bonds is 6. The zero-order valence-electron chi connectivity index (χ0n) is 16.1. The van der Waals surface area contributed by atoms with Gasteiger partial charge < -0.3 is 14.5 Å². The number of methoxy groups -OCH3 is 2. The van der Waals surface area contributed by atoms with Crippen LogP contribution in [0.1, 0.15) is 11.1 Å². The van der Waals surface area contributed by atoms with Crippen molar-refractivity contribution in [2.24, 2.45) is 0 Å². The largest absolute Gasteiger partial charge is 0.493 e. The second kappa shape index (κ2) is 8.03. The molecule has 1 aliphatic heterocycles. The number of aromatic amines is 1. The third-order valence-corrected chi connectivity index (χ3v) is 5.39. The van der Waals surface area contributed by atoms with Crippen molar-refractivity contribution >= 4 is 10.9 Å². The van der Waals surface area contributed by atoms with E-state index in [0.29, 0.717) is 0 Å². The minimum atomic E-state index is 0.782. The molecule has 0 amide bonds. The van der Waals surface area contributed by atoms with E-state index in [1.165, 1.54) is 22.0 Å². The van der Waals surface area contributed by atoms with Crippen molar-refractivity contribution in [2.45, 2.75) is 13.1 Å². The molecular formula is C22H27N3O2. The Morgan fingerprint density at radius 2 is 1.56 bits per heavy atom. The summed E-state index contributed by atoms with van der Waals surface area (Å²) in [5.41, 5.74) is 3.87. The Morgan fingerprint density at radius 3 is 2.30 bits per heavy atom. The Labute approximate surface area is 160 Å². The van der Waals surface area contributed by atoms with Crippen molar-refractivity contribution in [2.75, 3.05) is 40.4 Å². The Bertz CT molecular complexity index is 897. The highest BCUT2D eigenvalue weighted by Crippen LogP contribution is 2.28. The van der Waals surface area contributed by atoms with Crippen LogP contribution < -0.4 is 9.47 Å². The van der Waals surface area contributed by atoms with E-state index < -0.39 is 0 Å². The minimum Gasteiger partial charge on any atom is -0.493 e. The highest BCUT2D eigenvalue weighted by molar-refractivity contribution is 5.82. The van der Waals surface area contributed by atoms with Crippen molar-refractivity contribution in [3.05, 3.63) is 59.8 Å². The molecule has 1 aliphatic rings. The quantitative estimate of drug-likeness (QED) is 0.726. The van der Waals surface area contributed by atoms with E-state index in [1.807, 2.05) is 6.07 Å². The van der Waals surface area contributed by atoms with E-state index in [1.54, 1.807) is 14.2 Å². The zero-order chi connectivity index (χ0) is 18.6. The summed E-state index contributed by atoms with van der Waals surface area (Å²) in [4.78, 5) is 8.43. The Hall–Kier alpha value is -2.50. The van der Waals surface area contributed by atoms with E-state index in [-0.39, 0.29) is 0 Å². The van der Waals surface area contributed by atoms with Crippen LogP contribution in [0.5, 0.6) is 11.5 Å². The smallest absolute Gasteiger partial charge is 0.161 e. The van der Waals surface area contributed by atoms with E-state index in [9.17, 15) is 0 Å². The summed E-state index contributed by atoms with van der Waals surface area (Å²) >= 11 is 0. The molecule has 4 rings (SSSR count). The summed E-state index contributed by atoms with van der Waals surface area (Å²) < 4.78 is 10.8. The molecule has 1 fully saturated rings. The summed E-state index contributed by atoms with van der Waals surface area (Å²) in [6, 6.07) is 14.7. The number of H-pyrrole nitrogens is 1. The van der Waals surface area contributed by atoms with Crippen LogP contribution >= 0.6 is 0 Å². The van der Waals surface area contributed by atoms with E-state index in [0.717, 1.165) is 50.8 Å². The number of nitrogens with one attached hydrogen (secondary N) is 1. The summed E-state index contributed by atoms with van der Waals surface area (Å²) in [5, 5.41) is 1.34.